The van der Waals surface area contributed by atoms with Crippen LogP contribution in [0.15, 0.2) is 12.1 Å². The van der Waals surface area contributed by atoms with Crippen LogP contribution in [0.1, 0.15) is 42.0 Å². The van der Waals surface area contributed by atoms with Crippen LogP contribution in [0.5, 0.6) is 0 Å². The van der Waals surface area contributed by atoms with Crippen molar-refractivity contribution in [3.63, 3.8) is 0 Å². The van der Waals surface area contributed by atoms with Crippen LogP contribution >= 0.6 is 36.2 Å². The first-order valence-corrected chi connectivity index (χ1v) is 7.64. The van der Waals surface area contributed by atoms with Crippen molar-refractivity contribution in [3.8, 4) is 0 Å². The van der Waals surface area contributed by atoms with Crippen LogP contribution in [0.2, 0.25) is 0 Å². The van der Waals surface area contributed by atoms with Gasteiger partial charge < -0.3 is 5.32 Å². The number of halogens is 2. The maximum absolute atomic E-state index is 3.44. The number of hydrogen-bond acceptors (Lipinski definition) is 3. The Kier molecular flexibility index (Phi) is 10.1. The van der Waals surface area contributed by atoms with E-state index in [1.165, 1.54) is 37.2 Å². The third kappa shape index (κ3) is 5.60. The minimum atomic E-state index is 0. The molecule has 1 aromatic rings. The quantitative estimate of drug-likeness (QED) is 0.879. The van der Waals surface area contributed by atoms with Gasteiger partial charge in [-0.3, -0.25) is 4.90 Å². The second kappa shape index (κ2) is 10.0. The Morgan fingerprint density at radius 1 is 1.26 bits per heavy atom. The summed E-state index contributed by atoms with van der Waals surface area (Å²) in [4.78, 5) is 5.67. The van der Waals surface area contributed by atoms with Crippen LogP contribution < -0.4 is 5.32 Å². The Bertz CT molecular complexity index is 338. The molecule has 19 heavy (non-hydrogen) atoms. The Hall–Kier alpha value is 0.200. The number of unbranched alkanes of at least 4 members (excludes halogenated alkanes) is 1. The van der Waals surface area contributed by atoms with E-state index in [0.29, 0.717) is 6.04 Å². The smallest absolute Gasteiger partial charge is 0.0442 e. The fraction of sp³-hybridized carbons (Fsp3) is 0.714. The number of piperazine rings is 1. The summed E-state index contributed by atoms with van der Waals surface area (Å²) in [5.41, 5.74) is 0. The molecule has 0 aliphatic carbocycles. The summed E-state index contributed by atoms with van der Waals surface area (Å²) < 4.78 is 0. The van der Waals surface area contributed by atoms with Crippen molar-refractivity contribution in [1.29, 1.82) is 0 Å². The van der Waals surface area contributed by atoms with Crippen molar-refractivity contribution in [2.75, 3.05) is 26.2 Å². The first kappa shape index (κ1) is 19.2. The molecule has 1 N–H and O–H groups in total. The van der Waals surface area contributed by atoms with Crippen LogP contribution in [-0.4, -0.2) is 31.1 Å². The minimum absolute atomic E-state index is 0. The fourth-order valence-electron chi connectivity index (χ4n) is 2.53. The predicted octanol–water partition coefficient (Wildman–Crippen LogP) is 4.04. The molecule has 0 spiro atoms. The molecule has 1 fully saturated rings. The van der Waals surface area contributed by atoms with Gasteiger partial charge in [0.1, 0.15) is 0 Å². The maximum atomic E-state index is 3.44. The molecule has 2 rings (SSSR count). The Morgan fingerprint density at radius 2 is 1.95 bits per heavy atom. The second-order valence-electron chi connectivity index (χ2n) is 4.89. The molecule has 0 radical (unpaired) electrons. The van der Waals surface area contributed by atoms with E-state index in [2.05, 4.69) is 36.2 Å². The Morgan fingerprint density at radius 3 is 2.47 bits per heavy atom. The topological polar surface area (TPSA) is 15.3 Å². The van der Waals surface area contributed by atoms with Gasteiger partial charge in [0.05, 0.1) is 0 Å². The molecular weight excluding hydrogens is 299 g/mol. The summed E-state index contributed by atoms with van der Waals surface area (Å²) in [5.74, 6) is 0. The van der Waals surface area contributed by atoms with Crippen LogP contribution in [0.25, 0.3) is 0 Å². The van der Waals surface area contributed by atoms with Gasteiger partial charge in [0.15, 0.2) is 0 Å². The zero-order valence-corrected chi connectivity index (χ0v) is 14.3. The molecule has 0 unspecified atom stereocenters. The van der Waals surface area contributed by atoms with Crippen LogP contribution in [-0.2, 0) is 0 Å². The molecule has 1 saturated heterocycles. The highest BCUT2D eigenvalue weighted by Crippen LogP contribution is 2.31. The highest BCUT2D eigenvalue weighted by atomic mass is 35.5. The highest BCUT2D eigenvalue weighted by molar-refractivity contribution is 7.12. The zero-order valence-electron chi connectivity index (χ0n) is 11.9. The van der Waals surface area contributed by atoms with E-state index in [9.17, 15) is 0 Å². The first-order chi connectivity index (χ1) is 8.31. The molecule has 0 bridgehead atoms. The number of nitrogens with one attached hydrogen (secondary N) is 1. The summed E-state index contributed by atoms with van der Waals surface area (Å²) in [6, 6.07) is 5.26. The third-order valence-electron chi connectivity index (χ3n) is 3.51. The van der Waals surface area contributed by atoms with Crippen molar-refractivity contribution in [3.05, 3.63) is 21.9 Å². The van der Waals surface area contributed by atoms with E-state index in [0.717, 1.165) is 13.1 Å². The van der Waals surface area contributed by atoms with Gasteiger partial charge in [-0.25, -0.2) is 0 Å². The molecule has 0 saturated carbocycles. The lowest BCUT2D eigenvalue weighted by Crippen LogP contribution is -2.45. The minimum Gasteiger partial charge on any atom is -0.314 e. The van der Waals surface area contributed by atoms with E-state index >= 15 is 0 Å². The Labute approximate surface area is 133 Å². The Balaban J connectivity index is 0.00000162. The van der Waals surface area contributed by atoms with Crippen molar-refractivity contribution in [2.24, 2.45) is 0 Å². The highest BCUT2D eigenvalue weighted by Gasteiger charge is 2.22. The molecule has 2 heterocycles. The van der Waals surface area contributed by atoms with Crippen LogP contribution in [0.4, 0.5) is 0 Å². The SMILES string of the molecule is CCCC[C@@H](c1ccc(C)s1)N1CCNCC1.Cl.Cl. The standard InChI is InChI=1S/C14H24N2S.2ClH/c1-3-4-5-13(14-7-6-12(2)17-14)16-10-8-15-9-11-16;;/h6-7,13,15H,3-5,8-11H2,1-2H3;2*1H/t13-;;/m0../s1. The molecular formula is C14H26Cl2N2S. The predicted molar refractivity (Wildman–Crippen MR) is 90.3 cm³/mol. The van der Waals surface area contributed by atoms with E-state index in [1.807, 2.05) is 11.3 Å². The molecule has 2 nitrogen and oxygen atoms in total. The molecule has 1 aliphatic heterocycles. The van der Waals surface area contributed by atoms with E-state index in [1.54, 1.807) is 4.88 Å². The molecule has 0 aromatic carbocycles. The fourth-order valence-corrected chi connectivity index (χ4v) is 3.58. The maximum Gasteiger partial charge on any atom is 0.0442 e. The monoisotopic (exact) mass is 324 g/mol. The molecule has 1 atom stereocenters. The van der Waals surface area contributed by atoms with Crippen LogP contribution in [0, 0.1) is 6.92 Å². The lowest BCUT2D eigenvalue weighted by molar-refractivity contribution is 0.165. The van der Waals surface area contributed by atoms with Gasteiger partial charge in [-0.2, -0.15) is 0 Å². The van der Waals surface area contributed by atoms with E-state index in [-0.39, 0.29) is 24.8 Å². The second-order valence-corrected chi connectivity index (χ2v) is 6.21. The van der Waals surface area contributed by atoms with Crippen molar-refractivity contribution < 1.29 is 0 Å². The summed E-state index contributed by atoms with van der Waals surface area (Å²) in [7, 11) is 0. The first-order valence-electron chi connectivity index (χ1n) is 6.82. The summed E-state index contributed by atoms with van der Waals surface area (Å²) in [6.07, 6.45) is 3.95. The summed E-state index contributed by atoms with van der Waals surface area (Å²) >= 11 is 1.98. The summed E-state index contributed by atoms with van der Waals surface area (Å²) in [5, 5.41) is 3.44. The molecule has 1 aliphatic rings. The zero-order chi connectivity index (χ0) is 12.1. The van der Waals surface area contributed by atoms with Crippen molar-refractivity contribution in [1.82, 2.24) is 10.2 Å². The van der Waals surface area contributed by atoms with Gasteiger partial charge in [0, 0.05) is 42.0 Å². The van der Waals surface area contributed by atoms with Gasteiger partial charge in [0.25, 0.3) is 0 Å². The molecule has 0 amide bonds. The van der Waals surface area contributed by atoms with E-state index in [4.69, 9.17) is 0 Å². The average molecular weight is 325 g/mol. The number of hydrogen-bond donors (Lipinski definition) is 1. The summed E-state index contributed by atoms with van der Waals surface area (Å²) in [6.45, 7) is 9.19. The van der Waals surface area contributed by atoms with Crippen molar-refractivity contribution >= 4 is 36.2 Å². The van der Waals surface area contributed by atoms with Crippen molar-refractivity contribution in [2.45, 2.75) is 39.2 Å². The molecule has 112 valence electrons. The van der Waals surface area contributed by atoms with Gasteiger partial charge >= 0.3 is 0 Å². The van der Waals surface area contributed by atoms with Gasteiger partial charge in [-0.05, 0) is 25.5 Å². The largest absolute Gasteiger partial charge is 0.314 e. The number of rotatable bonds is 5. The van der Waals surface area contributed by atoms with Gasteiger partial charge in [-0.15, -0.1) is 36.2 Å². The third-order valence-corrected chi connectivity index (χ3v) is 4.61. The average Bonchev–Trinajstić information content (AvgIpc) is 2.78. The lowest BCUT2D eigenvalue weighted by Gasteiger charge is -2.34. The number of nitrogens with zero attached hydrogens (tertiary/aromatic N) is 1. The number of aryl methyl sites for hydroxylation is 1. The molecule has 5 heteroatoms. The van der Waals surface area contributed by atoms with Gasteiger partial charge in [-0.1, -0.05) is 19.8 Å². The number of thiophene rings is 1. The van der Waals surface area contributed by atoms with Crippen LogP contribution in [0.3, 0.4) is 0 Å². The normalized spacial score (nSPS) is 17.4. The molecule has 1 aromatic heterocycles. The van der Waals surface area contributed by atoms with E-state index < -0.39 is 0 Å². The lowest BCUT2D eigenvalue weighted by atomic mass is 10.1. The van der Waals surface area contributed by atoms with Gasteiger partial charge in [0.2, 0.25) is 0 Å².